The fraction of sp³-hybridized carbons (Fsp3) is 1.00. The first-order valence-electron chi connectivity index (χ1n) is 6.12. The van der Waals surface area contributed by atoms with Gasteiger partial charge in [-0.15, -0.1) is 0 Å². The van der Waals surface area contributed by atoms with Gasteiger partial charge in [0.05, 0.1) is 12.2 Å². The number of ether oxygens (including phenoxy) is 1. The molecule has 0 radical (unpaired) electrons. The Bertz CT molecular complexity index is 130. The second-order valence-electron chi connectivity index (χ2n) is 4.37. The first-order valence-corrected chi connectivity index (χ1v) is 6.12. The Hall–Kier alpha value is -0.0800. The summed E-state index contributed by atoms with van der Waals surface area (Å²) in [6, 6.07) is 0. The molecule has 1 fully saturated rings. The van der Waals surface area contributed by atoms with Crippen LogP contribution in [0.25, 0.3) is 0 Å². The molecule has 0 aliphatic carbocycles. The molecule has 2 unspecified atom stereocenters. The van der Waals surface area contributed by atoms with E-state index in [2.05, 4.69) is 6.92 Å². The Kier molecular flexibility index (Phi) is 6.20. The van der Waals surface area contributed by atoms with Crippen molar-refractivity contribution in [2.75, 3.05) is 6.61 Å². The molecular weight excluding hydrogens is 176 g/mol. The molecule has 0 amide bonds. The molecule has 2 heteroatoms. The zero-order valence-corrected chi connectivity index (χ0v) is 9.37. The molecule has 1 rings (SSSR count). The van der Waals surface area contributed by atoms with E-state index in [9.17, 15) is 5.11 Å². The van der Waals surface area contributed by atoms with Crippen LogP contribution in [0.2, 0.25) is 0 Å². The molecule has 1 N–H and O–H groups in total. The van der Waals surface area contributed by atoms with Crippen LogP contribution in [0.4, 0.5) is 0 Å². The number of rotatable bonds is 6. The highest BCUT2D eigenvalue weighted by atomic mass is 16.5. The van der Waals surface area contributed by atoms with Gasteiger partial charge in [0.1, 0.15) is 0 Å². The van der Waals surface area contributed by atoms with Gasteiger partial charge in [-0.05, 0) is 32.1 Å². The average molecular weight is 200 g/mol. The van der Waals surface area contributed by atoms with Crippen LogP contribution in [0.5, 0.6) is 0 Å². The second-order valence-corrected chi connectivity index (χ2v) is 4.37. The molecule has 1 heterocycles. The lowest BCUT2D eigenvalue weighted by Gasteiger charge is -2.24. The van der Waals surface area contributed by atoms with Crippen molar-refractivity contribution in [2.45, 2.75) is 70.5 Å². The fourth-order valence-electron chi connectivity index (χ4n) is 2.04. The minimum Gasteiger partial charge on any atom is -0.393 e. The van der Waals surface area contributed by atoms with Crippen LogP contribution in [0.15, 0.2) is 0 Å². The molecule has 14 heavy (non-hydrogen) atoms. The normalized spacial score (nSPS) is 24.9. The van der Waals surface area contributed by atoms with Gasteiger partial charge in [-0.2, -0.15) is 0 Å². The van der Waals surface area contributed by atoms with E-state index in [1.807, 2.05) is 0 Å². The van der Waals surface area contributed by atoms with E-state index in [1.165, 1.54) is 25.7 Å². The molecule has 0 saturated carbocycles. The van der Waals surface area contributed by atoms with Crippen LogP contribution in [0, 0.1) is 0 Å². The van der Waals surface area contributed by atoms with Crippen molar-refractivity contribution < 1.29 is 9.84 Å². The Balaban J connectivity index is 2.03. The lowest BCUT2D eigenvalue weighted by Crippen LogP contribution is -2.24. The molecule has 0 bridgehead atoms. The van der Waals surface area contributed by atoms with Crippen molar-refractivity contribution in [1.82, 2.24) is 0 Å². The van der Waals surface area contributed by atoms with E-state index in [1.54, 1.807) is 0 Å². The quantitative estimate of drug-likeness (QED) is 0.668. The van der Waals surface area contributed by atoms with Gasteiger partial charge < -0.3 is 9.84 Å². The monoisotopic (exact) mass is 200 g/mol. The van der Waals surface area contributed by atoms with Gasteiger partial charge in [0, 0.05) is 6.61 Å². The summed E-state index contributed by atoms with van der Waals surface area (Å²) in [6.07, 6.45) is 9.24. The zero-order chi connectivity index (χ0) is 10.2. The molecule has 84 valence electrons. The summed E-state index contributed by atoms with van der Waals surface area (Å²) >= 11 is 0. The second kappa shape index (κ2) is 7.24. The minimum absolute atomic E-state index is 0.135. The predicted molar refractivity (Wildman–Crippen MR) is 58.4 cm³/mol. The number of unbranched alkanes of at least 4 members (excludes halogenated alkanes) is 2. The maximum absolute atomic E-state index is 9.75. The lowest BCUT2D eigenvalue weighted by atomic mass is 10.00. The zero-order valence-electron chi connectivity index (χ0n) is 9.37. The smallest absolute Gasteiger partial charge is 0.0599 e. The molecule has 1 saturated heterocycles. The predicted octanol–water partition coefficient (Wildman–Crippen LogP) is 2.89. The molecule has 1 aliphatic rings. The topological polar surface area (TPSA) is 29.5 Å². The summed E-state index contributed by atoms with van der Waals surface area (Å²) in [7, 11) is 0. The van der Waals surface area contributed by atoms with Crippen LogP contribution >= 0.6 is 0 Å². The van der Waals surface area contributed by atoms with E-state index in [0.29, 0.717) is 6.10 Å². The number of aliphatic hydroxyl groups is 1. The Morgan fingerprint density at radius 3 is 2.86 bits per heavy atom. The molecule has 2 atom stereocenters. The van der Waals surface area contributed by atoms with E-state index < -0.39 is 0 Å². The molecule has 1 aliphatic heterocycles. The summed E-state index contributed by atoms with van der Waals surface area (Å²) in [5, 5.41) is 9.75. The standard InChI is InChI=1S/C12H24O2/c1-2-3-4-7-11(13)10-12-8-5-6-9-14-12/h11-13H,2-10H2,1H3. The van der Waals surface area contributed by atoms with Crippen LogP contribution in [0.1, 0.15) is 58.3 Å². The van der Waals surface area contributed by atoms with Crippen molar-refractivity contribution in [3.63, 3.8) is 0 Å². The third-order valence-corrected chi connectivity index (χ3v) is 2.95. The van der Waals surface area contributed by atoms with Crippen LogP contribution in [0.3, 0.4) is 0 Å². The first kappa shape index (κ1) is 12.0. The molecule has 0 aromatic rings. The Morgan fingerprint density at radius 2 is 2.21 bits per heavy atom. The fourth-order valence-corrected chi connectivity index (χ4v) is 2.04. The lowest BCUT2D eigenvalue weighted by molar-refractivity contribution is -0.0167. The summed E-state index contributed by atoms with van der Waals surface area (Å²) < 4.78 is 5.59. The van der Waals surface area contributed by atoms with Crippen molar-refractivity contribution in [2.24, 2.45) is 0 Å². The van der Waals surface area contributed by atoms with Gasteiger partial charge in [-0.25, -0.2) is 0 Å². The first-order chi connectivity index (χ1) is 6.83. The highest BCUT2D eigenvalue weighted by Crippen LogP contribution is 2.19. The van der Waals surface area contributed by atoms with E-state index in [4.69, 9.17) is 4.74 Å². The molecule has 2 nitrogen and oxygen atoms in total. The SMILES string of the molecule is CCCCCC(O)CC1CCCCO1. The largest absolute Gasteiger partial charge is 0.393 e. The molecule has 0 aromatic carbocycles. The van der Waals surface area contributed by atoms with Gasteiger partial charge in [-0.1, -0.05) is 26.2 Å². The Morgan fingerprint density at radius 1 is 1.36 bits per heavy atom. The third-order valence-electron chi connectivity index (χ3n) is 2.95. The van der Waals surface area contributed by atoms with E-state index >= 15 is 0 Å². The van der Waals surface area contributed by atoms with Crippen molar-refractivity contribution in [3.05, 3.63) is 0 Å². The maximum Gasteiger partial charge on any atom is 0.0599 e. The number of aliphatic hydroxyl groups excluding tert-OH is 1. The minimum atomic E-state index is -0.135. The van der Waals surface area contributed by atoms with Gasteiger partial charge >= 0.3 is 0 Å². The maximum atomic E-state index is 9.75. The number of hydrogen-bond acceptors (Lipinski definition) is 2. The molecule has 0 aromatic heterocycles. The summed E-state index contributed by atoms with van der Waals surface area (Å²) in [5.74, 6) is 0. The van der Waals surface area contributed by atoms with Crippen molar-refractivity contribution >= 4 is 0 Å². The molecular formula is C12H24O2. The summed E-state index contributed by atoms with van der Waals surface area (Å²) in [5.41, 5.74) is 0. The molecule has 0 spiro atoms. The highest BCUT2D eigenvalue weighted by Gasteiger charge is 2.17. The van der Waals surface area contributed by atoms with Gasteiger partial charge in [-0.3, -0.25) is 0 Å². The van der Waals surface area contributed by atoms with Crippen LogP contribution in [-0.2, 0) is 4.74 Å². The Labute approximate surface area is 87.7 Å². The third kappa shape index (κ3) is 4.97. The highest BCUT2D eigenvalue weighted by molar-refractivity contribution is 4.68. The van der Waals surface area contributed by atoms with Crippen LogP contribution in [-0.4, -0.2) is 23.9 Å². The van der Waals surface area contributed by atoms with Gasteiger partial charge in [0.25, 0.3) is 0 Å². The van der Waals surface area contributed by atoms with Gasteiger partial charge in [0.15, 0.2) is 0 Å². The van der Waals surface area contributed by atoms with Crippen molar-refractivity contribution in [3.8, 4) is 0 Å². The van der Waals surface area contributed by atoms with Crippen LogP contribution < -0.4 is 0 Å². The van der Waals surface area contributed by atoms with Gasteiger partial charge in [0.2, 0.25) is 0 Å². The number of hydrogen-bond donors (Lipinski definition) is 1. The summed E-state index contributed by atoms with van der Waals surface area (Å²) in [4.78, 5) is 0. The summed E-state index contributed by atoms with van der Waals surface area (Å²) in [6.45, 7) is 3.09. The average Bonchev–Trinajstić information content (AvgIpc) is 2.20. The van der Waals surface area contributed by atoms with Crippen molar-refractivity contribution in [1.29, 1.82) is 0 Å². The van der Waals surface area contributed by atoms with E-state index in [-0.39, 0.29) is 6.10 Å². The van der Waals surface area contributed by atoms with E-state index in [0.717, 1.165) is 32.3 Å².